The molecular weight excluding hydrogens is 354 g/mol. The molecule has 138 valence electrons. The summed E-state index contributed by atoms with van der Waals surface area (Å²) in [5.74, 6) is 0.253. The van der Waals surface area contributed by atoms with E-state index in [2.05, 4.69) is 36.4 Å². The van der Waals surface area contributed by atoms with E-state index < -0.39 is 0 Å². The van der Waals surface area contributed by atoms with Crippen LogP contribution in [0.2, 0.25) is 0 Å². The van der Waals surface area contributed by atoms with Gasteiger partial charge in [-0.3, -0.25) is 4.79 Å². The third-order valence-electron chi connectivity index (χ3n) is 5.91. The number of hydrogen-bond donors (Lipinski definition) is 1. The fourth-order valence-electron chi connectivity index (χ4n) is 4.51. The number of fused-ring (bicyclic) bond motifs is 2. The van der Waals surface area contributed by atoms with Gasteiger partial charge in [-0.25, -0.2) is 4.98 Å². The number of nitrogens with one attached hydrogen (secondary N) is 1. The van der Waals surface area contributed by atoms with Crippen molar-refractivity contribution < 1.29 is 9.69 Å². The van der Waals surface area contributed by atoms with E-state index in [1.165, 1.54) is 33.0 Å². The molecule has 3 heterocycles. The Morgan fingerprint density at radius 1 is 1.15 bits per heavy atom. The summed E-state index contributed by atoms with van der Waals surface area (Å²) >= 11 is 1.80. The van der Waals surface area contributed by atoms with Crippen LogP contribution in [0.25, 0.3) is 10.2 Å². The van der Waals surface area contributed by atoms with Crippen LogP contribution in [-0.2, 0) is 11.2 Å². The maximum atomic E-state index is 13.1. The molecule has 1 amide bonds. The number of nitrogens with zero attached hydrogens (tertiary/aromatic N) is 2. The molecule has 0 saturated carbocycles. The smallest absolute Gasteiger partial charge is 0.282 e. The summed E-state index contributed by atoms with van der Waals surface area (Å²) in [6.07, 6.45) is 4.52. The average Bonchev–Trinajstić information content (AvgIpc) is 3.32. The molecule has 5 heteroatoms. The Bertz CT molecular complexity index is 949. The molecule has 1 aromatic heterocycles. The molecule has 1 N–H and O–H groups in total. The van der Waals surface area contributed by atoms with Gasteiger partial charge in [0.25, 0.3) is 5.91 Å². The Kier molecular flexibility index (Phi) is 4.42. The molecule has 0 bridgehead atoms. The zero-order chi connectivity index (χ0) is 18.2. The minimum Gasteiger partial charge on any atom is -0.319 e. The zero-order valence-corrected chi connectivity index (χ0v) is 16.2. The first-order valence-corrected chi connectivity index (χ1v) is 10.7. The van der Waals surface area contributed by atoms with E-state index in [9.17, 15) is 4.79 Å². The van der Waals surface area contributed by atoms with Gasteiger partial charge in [0.2, 0.25) is 0 Å². The van der Waals surface area contributed by atoms with Gasteiger partial charge in [-0.15, -0.1) is 11.3 Å². The molecule has 3 aromatic rings. The molecule has 0 aliphatic carbocycles. The normalized spacial score (nSPS) is 22.1. The molecule has 5 rings (SSSR count). The highest BCUT2D eigenvalue weighted by Crippen LogP contribution is 2.29. The number of likely N-dealkylation sites (tertiary alicyclic amines) is 1. The quantitative estimate of drug-likeness (QED) is 0.761. The number of aromatic nitrogens is 1. The fraction of sp³-hybridized carbons (Fsp3) is 0.364. The van der Waals surface area contributed by atoms with Crippen molar-refractivity contribution in [3.63, 3.8) is 0 Å². The van der Waals surface area contributed by atoms with Crippen molar-refractivity contribution in [3.05, 3.63) is 59.1 Å². The molecule has 2 aromatic carbocycles. The number of piperidine rings is 1. The number of rotatable bonds is 3. The van der Waals surface area contributed by atoms with Crippen LogP contribution in [0.1, 0.15) is 35.9 Å². The summed E-state index contributed by atoms with van der Waals surface area (Å²) in [7, 11) is 0. The Morgan fingerprint density at radius 2 is 2.00 bits per heavy atom. The van der Waals surface area contributed by atoms with Crippen molar-refractivity contribution in [2.75, 3.05) is 24.5 Å². The Labute approximate surface area is 163 Å². The summed E-state index contributed by atoms with van der Waals surface area (Å²) in [4.78, 5) is 21.4. The lowest BCUT2D eigenvalue weighted by Crippen LogP contribution is -3.14. The van der Waals surface area contributed by atoms with Crippen LogP contribution in [-0.4, -0.2) is 30.5 Å². The number of anilines is 1. The predicted molar refractivity (Wildman–Crippen MR) is 109 cm³/mol. The third-order valence-corrected chi connectivity index (χ3v) is 7.06. The lowest BCUT2D eigenvalue weighted by atomic mass is 10.0. The minimum absolute atomic E-state index is 0.253. The van der Waals surface area contributed by atoms with Crippen LogP contribution in [0.4, 0.5) is 5.69 Å². The highest BCUT2D eigenvalue weighted by Gasteiger charge is 2.34. The van der Waals surface area contributed by atoms with E-state index >= 15 is 0 Å². The van der Waals surface area contributed by atoms with Gasteiger partial charge in [-0.2, -0.15) is 0 Å². The van der Waals surface area contributed by atoms with E-state index in [4.69, 9.17) is 4.98 Å². The van der Waals surface area contributed by atoms with Crippen molar-refractivity contribution in [2.24, 2.45) is 0 Å². The first kappa shape index (κ1) is 16.9. The second-order valence-corrected chi connectivity index (χ2v) is 8.64. The van der Waals surface area contributed by atoms with Crippen molar-refractivity contribution in [3.8, 4) is 0 Å². The second kappa shape index (κ2) is 7.06. The molecule has 1 unspecified atom stereocenters. The molecule has 0 radical (unpaired) electrons. The van der Waals surface area contributed by atoms with E-state index in [-0.39, 0.29) is 5.91 Å². The molecule has 1 saturated heterocycles. The number of carbonyl (C=O) groups excluding carboxylic acids is 1. The molecule has 2 aliphatic rings. The molecule has 27 heavy (non-hydrogen) atoms. The average molecular weight is 379 g/mol. The standard InChI is InChI=1S/C22H23N3OS/c26-21(25-14-12-16-7-1-3-9-18(16)25)15-24-13-6-5-10-19(24)22-23-17-8-2-4-11-20(17)27-22/h1-4,7-9,11,19H,5-6,10,12-15H2/p+1/t19-/m1/s1. The molecule has 2 atom stereocenters. The van der Waals surface area contributed by atoms with Crippen molar-refractivity contribution in [1.82, 2.24) is 4.98 Å². The van der Waals surface area contributed by atoms with Crippen LogP contribution in [0.3, 0.4) is 0 Å². The summed E-state index contributed by atoms with van der Waals surface area (Å²) in [6.45, 7) is 2.44. The van der Waals surface area contributed by atoms with Crippen molar-refractivity contribution >= 4 is 33.1 Å². The first-order valence-electron chi connectivity index (χ1n) is 9.88. The van der Waals surface area contributed by atoms with E-state index in [1.54, 1.807) is 11.3 Å². The number of quaternary nitrogens is 1. The Balaban J connectivity index is 1.37. The van der Waals surface area contributed by atoms with Gasteiger partial charge in [0.05, 0.1) is 16.8 Å². The maximum absolute atomic E-state index is 13.1. The van der Waals surface area contributed by atoms with E-state index in [0.717, 1.165) is 37.1 Å². The van der Waals surface area contributed by atoms with Gasteiger partial charge in [0.15, 0.2) is 11.6 Å². The fourth-order valence-corrected chi connectivity index (χ4v) is 5.68. The van der Waals surface area contributed by atoms with E-state index in [1.807, 2.05) is 17.0 Å². The van der Waals surface area contributed by atoms with Crippen LogP contribution in [0.5, 0.6) is 0 Å². The summed E-state index contributed by atoms with van der Waals surface area (Å²) in [6, 6.07) is 17.0. The molecule has 2 aliphatic heterocycles. The van der Waals surface area contributed by atoms with Gasteiger partial charge in [0, 0.05) is 18.7 Å². The molecule has 4 nitrogen and oxygen atoms in total. The summed E-state index contributed by atoms with van der Waals surface area (Å²) < 4.78 is 1.25. The highest BCUT2D eigenvalue weighted by atomic mass is 32.1. The first-order chi connectivity index (χ1) is 13.3. The predicted octanol–water partition coefficient (Wildman–Crippen LogP) is 3.00. The largest absolute Gasteiger partial charge is 0.319 e. The zero-order valence-electron chi connectivity index (χ0n) is 15.4. The number of carbonyl (C=O) groups is 1. The number of hydrogen-bond acceptors (Lipinski definition) is 3. The Morgan fingerprint density at radius 3 is 2.93 bits per heavy atom. The summed E-state index contributed by atoms with van der Waals surface area (Å²) in [5, 5.41) is 1.19. The van der Waals surface area contributed by atoms with Crippen LogP contribution >= 0.6 is 11.3 Å². The number of amides is 1. The van der Waals surface area contributed by atoms with Gasteiger partial charge in [0.1, 0.15) is 6.04 Å². The highest BCUT2D eigenvalue weighted by molar-refractivity contribution is 7.18. The lowest BCUT2D eigenvalue weighted by molar-refractivity contribution is -0.929. The number of benzene rings is 2. The molecule has 0 spiro atoms. The summed E-state index contributed by atoms with van der Waals surface area (Å²) in [5.41, 5.74) is 3.49. The number of para-hydroxylation sites is 2. The van der Waals surface area contributed by atoms with Crippen molar-refractivity contribution in [2.45, 2.75) is 31.7 Å². The third kappa shape index (κ3) is 3.15. The van der Waals surface area contributed by atoms with Crippen LogP contribution < -0.4 is 9.80 Å². The minimum atomic E-state index is 0.253. The number of thiazole rings is 1. The topological polar surface area (TPSA) is 37.6 Å². The SMILES string of the molecule is O=C(C[NH+]1CCCC[C@@H]1c1nc2ccccc2s1)N1CCc2ccccc21. The van der Waals surface area contributed by atoms with Crippen molar-refractivity contribution in [1.29, 1.82) is 0 Å². The van der Waals surface area contributed by atoms with Crippen LogP contribution in [0.15, 0.2) is 48.5 Å². The maximum Gasteiger partial charge on any atom is 0.282 e. The monoisotopic (exact) mass is 378 g/mol. The lowest BCUT2D eigenvalue weighted by Gasteiger charge is -2.32. The second-order valence-electron chi connectivity index (χ2n) is 7.58. The van der Waals surface area contributed by atoms with Gasteiger partial charge in [-0.1, -0.05) is 30.3 Å². The van der Waals surface area contributed by atoms with Gasteiger partial charge < -0.3 is 9.80 Å². The Hall–Kier alpha value is -2.24. The molecule has 1 fully saturated rings. The molecular formula is C22H24N3OS+. The van der Waals surface area contributed by atoms with Crippen LogP contribution in [0, 0.1) is 0 Å². The van der Waals surface area contributed by atoms with E-state index in [0.29, 0.717) is 12.6 Å². The van der Waals surface area contributed by atoms with Gasteiger partial charge in [-0.05, 0) is 43.0 Å². The van der Waals surface area contributed by atoms with Gasteiger partial charge >= 0.3 is 0 Å².